The number of guanidine groups is 1. The van der Waals surface area contributed by atoms with Gasteiger partial charge in [0.15, 0.2) is 5.96 Å². The van der Waals surface area contributed by atoms with Crippen molar-refractivity contribution in [2.45, 2.75) is 39.0 Å². The summed E-state index contributed by atoms with van der Waals surface area (Å²) in [6.45, 7) is 8.55. The smallest absolute Gasteiger partial charge is 0.193 e. The molecule has 0 aliphatic carbocycles. The maximum absolute atomic E-state index is 4.70. The van der Waals surface area contributed by atoms with E-state index in [1.54, 1.807) is 0 Å². The Morgan fingerprint density at radius 1 is 1.36 bits per heavy atom. The topological polar surface area (TPSA) is 40.5 Å². The molecule has 0 saturated heterocycles. The summed E-state index contributed by atoms with van der Waals surface area (Å²) in [6, 6.07) is 6.01. The molecule has 0 saturated carbocycles. The van der Waals surface area contributed by atoms with Gasteiger partial charge in [-0.25, -0.2) is 0 Å². The first-order valence-corrected chi connectivity index (χ1v) is 8.28. The summed E-state index contributed by atoms with van der Waals surface area (Å²) in [4.78, 5) is 11.3. The number of aliphatic imine (C=N–C) groups is 1. The van der Waals surface area contributed by atoms with Gasteiger partial charge < -0.3 is 10.2 Å². The van der Waals surface area contributed by atoms with E-state index in [9.17, 15) is 0 Å². The molecule has 1 aromatic heterocycles. The first-order chi connectivity index (χ1) is 10.8. The van der Waals surface area contributed by atoms with Crippen LogP contribution in [0.2, 0.25) is 0 Å². The minimum Gasteiger partial charge on any atom is -0.357 e. The Kier molecular flexibility index (Phi) is 9.75. The lowest BCUT2D eigenvalue weighted by atomic mass is 10.2. The fourth-order valence-electron chi connectivity index (χ4n) is 2.21. The van der Waals surface area contributed by atoms with Crippen LogP contribution >= 0.6 is 0 Å². The van der Waals surface area contributed by atoms with Crippen molar-refractivity contribution < 1.29 is 0 Å². The summed E-state index contributed by atoms with van der Waals surface area (Å²) in [7, 11) is 2.11. The Morgan fingerprint density at radius 3 is 2.91 bits per heavy atom. The minimum atomic E-state index is 0.764. The molecule has 0 atom stereocenters. The molecule has 1 heterocycles. The average Bonchev–Trinajstić information content (AvgIpc) is 2.54. The highest BCUT2D eigenvalue weighted by molar-refractivity contribution is 5.79. The highest BCUT2D eigenvalue weighted by atomic mass is 15.3. The molecule has 22 heavy (non-hydrogen) atoms. The second-order valence-corrected chi connectivity index (χ2v) is 5.37. The molecule has 0 spiro atoms. The van der Waals surface area contributed by atoms with Crippen LogP contribution < -0.4 is 5.32 Å². The van der Waals surface area contributed by atoms with Gasteiger partial charge in [-0.1, -0.05) is 18.6 Å². The number of nitrogens with zero attached hydrogens (tertiary/aromatic N) is 3. The van der Waals surface area contributed by atoms with Gasteiger partial charge in [0, 0.05) is 45.0 Å². The van der Waals surface area contributed by atoms with Crippen molar-refractivity contribution in [1.82, 2.24) is 15.2 Å². The molecule has 4 nitrogen and oxygen atoms in total. The fraction of sp³-hybridized carbons (Fsp3) is 0.556. The van der Waals surface area contributed by atoms with E-state index in [1.807, 2.05) is 30.5 Å². The fourth-order valence-corrected chi connectivity index (χ4v) is 2.21. The van der Waals surface area contributed by atoms with E-state index >= 15 is 0 Å². The number of pyridine rings is 1. The second-order valence-electron chi connectivity index (χ2n) is 5.37. The molecule has 0 aliphatic rings. The first-order valence-electron chi connectivity index (χ1n) is 8.28. The van der Waals surface area contributed by atoms with Gasteiger partial charge in [-0.15, -0.1) is 6.58 Å². The molecule has 1 N–H and O–H groups in total. The Labute approximate surface area is 135 Å². The van der Waals surface area contributed by atoms with E-state index in [0.29, 0.717) is 0 Å². The molecule has 0 radical (unpaired) electrons. The van der Waals surface area contributed by atoms with Gasteiger partial charge in [0.25, 0.3) is 0 Å². The van der Waals surface area contributed by atoms with Crippen LogP contribution in [-0.2, 0) is 6.42 Å². The van der Waals surface area contributed by atoms with Gasteiger partial charge in [0.05, 0.1) is 0 Å². The zero-order chi connectivity index (χ0) is 16.0. The van der Waals surface area contributed by atoms with Crippen LogP contribution in [-0.4, -0.2) is 42.5 Å². The average molecular weight is 302 g/mol. The van der Waals surface area contributed by atoms with Crippen molar-refractivity contribution >= 4 is 5.96 Å². The van der Waals surface area contributed by atoms with Gasteiger partial charge in [0.2, 0.25) is 0 Å². The number of nitrogens with one attached hydrogen (secondary N) is 1. The van der Waals surface area contributed by atoms with Crippen molar-refractivity contribution in [3.63, 3.8) is 0 Å². The minimum absolute atomic E-state index is 0.764. The van der Waals surface area contributed by atoms with Gasteiger partial charge in [-0.3, -0.25) is 9.98 Å². The van der Waals surface area contributed by atoms with Gasteiger partial charge >= 0.3 is 0 Å². The third-order valence-corrected chi connectivity index (χ3v) is 3.45. The summed E-state index contributed by atoms with van der Waals surface area (Å²) in [5.41, 5.74) is 1.09. The molecule has 1 aromatic rings. The standard InChI is InChI=1S/C18H30N4/c1-4-6-7-8-11-16-22(3)18(19-5-2)21-15-13-17-12-9-10-14-20-17/h4,9-10,12,14H,1,5-8,11,13,15-16H2,2-3H3,(H,19,21). The van der Waals surface area contributed by atoms with Crippen LogP contribution in [0.4, 0.5) is 0 Å². The summed E-state index contributed by atoms with van der Waals surface area (Å²) in [5.74, 6) is 0.988. The third-order valence-electron chi connectivity index (χ3n) is 3.45. The van der Waals surface area contributed by atoms with E-state index in [2.05, 4.69) is 35.8 Å². The highest BCUT2D eigenvalue weighted by Gasteiger charge is 2.04. The number of hydrogen-bond donors (Lipinski definition) is 1. The van der Waals surface area contributed by atoms with Crippen LogP contribution in [0.15, 0.2) is 42.0 Å². The summed E-state index contributed by atoms with van der Waals surface area (Å²) >= 11 is 0. The predicted octanol–water partition coefficient (Wildman–Crippen LogP) is 3.27. The third kappa shape index (κ3) is 7.81. The lowest BCUT2D eigenvalue weighted by Gasteiger charge is -2.22. The van der Waals surface area contributed by atoms with E-state index in [4.69, 9.17) is 4.99 Å². The van der Waals surface area contributed by atoms with Crippen LogP contribution in [0.1, 0.15) is 38.3 Å². The number of hydrogen-bond acceptors (Lipinski definition) is 2. The highest BCUT2D eigenvalue weighted by Crippen LogP contribution is 2.02. The van der Waals surface area contributed by atoms with Crippen molar-refractivity contribution in [2.75, 3.05) is 26.7 Å². The van der Waals surface area contributed by atoms with E-state index in [1.165, 1.54) is 19.3 Å². The van der Waals surface area contributed by atoms with Gasteiger partial charge in [-0.2, -0.15) is 0 Å². The molecule has 0 aromatic carbocycles. The number of unbranched alkanes of at least 4 members (excludes halogenated alkanes) is 3. The lowest BCUT2D eigenvalue weighted by molar-refractivity contribution is 0.455. The molecule has 4 heteroatoms. The number of rotatable bonds is 10. The van der Waals surface area contributed by atoms with Crippen molar-refractivity contribution in [3.8, 4) is 0 Å². The molecule has 0 unspecified atom stereocenters. The van der Waals surface area contributed by atoms with Crippen molar-refractivity contribution in [2.24, 2.45) is 4.99 Å². The number of aromatic nitrogens is 1. The quantitative estimate of drug-likeness (QED) is 0.312. The van der Waals surface area contributed by atoms with Crippen LogP contribution in [0.3, 0.4) is 0 Å². The van der Waals surface area contributed by atoms with Crippen LogP contribution in [0, 0.1) is 0 Å². The monoisotopic (exact) mass is 302 g/mol. The predicted molar refractivity (Wildman–Crippen MR) is 95.2 cm³/mol. The van der Waals surface area contributed by atoms with Gasteiger partial charge in [-0.05, 0) is 38.3 Å². The molecule has 0 aliphatic heterocycles. The second kappa shape index (κ2) is 11.8. The SMILES string of the molecule is C=CCCCCCN(C)C(=NCCc1ccccn1)NCC. The van der Waals surface area contributed by atoms with Crippen LogP contribution in [0.5, 0.6) is 0 Å². The molecule has 0 bridgehead atoms. The molecular formula is C18H30N4. The lowest BCUT2D eigenvalue weighted by Crippen LogP contribution is -2.39. The maximum atomic E-state index is 4.70. The van der Waals surface area contributed by atoms with Crippen LogP contribution in [0.25, 0.3) is 0 Å². The van der Waals surface area contributed by atoms with E-state index in [-0.39, 0.29) is 0 Å². The molecule has 0 amide bonds. The largest absolute Gasteiger partial charge is 0.357 e. The zero-order valence-electron chi connectivity index (χ0n) is 14.1. The zero-order valence-corrected chi connectivity index (χ0v) is 14.1. The maximum Gasteiger partial charge on any atom is 0.193 e. The Morgan fingerprint density at radius 2 is 2.23 bits per heavy atom. The van der Waals surface area contributed by atoms with Crippen molar-refractivity contribution in [1.29, 1.82) is 0 Å². The summed E-state index contributed by atoms with van der Waals surface area (Å²) in [5, 5.41) is 3.36. The Balaban J connectivity index is 2.38. The summed E-state index contributed by atoms with van der Waals surface area (Å²) in [6.07, 6.45) is 9.47. The Hall–Kier alpha value is -1.84. The molecule has 0 fully saturated rings. The summed E-state index contributed by atoms with van der Waals surface area (Å²) < 4.78 is 0. The Bertz CT molecular complexity index is 428. The first kappa shape index (κ1) is 18.2. The van der Waals surface area contributed by atoms with E-state index < -0.39 is 0 Å². The molecular weight excluding hydrogens is 272 g/mol. The number of allylic oxidation sites excluding steroid dienone is 1. The normalized spacial score (nSPS) is 11.3. The van der Waals surface area contributed by atoms with Crippen molar-refractivity contribution in [3.05, 3.63) is 42.7 Å². The molecule has 122 valence electrons. The molecule has 1 rings (SSSR count). The van der Waals surface area contributed by atoms with E-state index in [0.717, 1.165) is 44.1 Å². The van der Waals surface area contributed by atoms with Gasteiger partial charge in [0.1, 0.15) is 0 Å².